The zero-order chi connectivity index (χ0) is 17.4. The van der Waals surface area contributed by atoms with Crippen LogP contribution in [0.15, 0.2) is 30.3 Å². The minimum absolute atomic E-state index is 0.191. The predicted molar refractivity (Wildman–Crippen MR) is 87.8 cm³/mol. The molecule has 8 heteroatoms. The maximum Gasteiger partial charge on any atom is 0.337 e. The lowest BCUT2D eigenvalue weighted by atomic mass is 10.1. The van der Waals surface area contributed by atoms with Crippen molar-refractivity contribution in [1.82, 2.24) is 19.8 Å². The highest BCUT2D eigenvalue weighted by molar-refractivity contribution is 5.89. The molecule has 1 aromatic carbocycles. The van der Waals surface area contributed by atoms with Gasteiger partial charge in [0.25, 0.3) is 0 Å². The Balaban J connectivity index is 1.56. The number of hydrogen-bond donors (Lipinski definition) is 1. The summed E-state index contributed by atoms with van der Waals surface area (Å²) in [7, 11) is 1.29. The molecule has 0 spiro atoms. The highest BCUT2D eigenvalue weighted by Crippen LogP contribution is 2.38. The van der Waals surface area contributed by atoms with Crippen molar-refractivity contribution in [1.29, 1.82) is 0 Å². The molecule has 128 valence electrons. The number of hydrogen-bond acceptors (Lipinski definition) is 6. The molecular weight excluding hydrogens is 325 g/mol. The van der Waals surface area contributed by atoms with Gasteiger partial charge in [0.1, 0.15) is 11.6 Å². The number of benzene rings is 1. The smallest absolute Gasteiger partial charge is 0.337 e. The van der Waals surface area contributed by atoms with E-state index in [4.69, 9.17) is 0 Å². The number of nitrogens with zero attached hydrogens (tertiary/aromatic N) is 4. The first-order valence-corrected chi connectivity index (χ1v) is 7.98. The van der Waals surface area contributed by atoms with E-state index in [0.29, 0.717) is 28.5 Å². The number of anilines is 1. The minimum atomic E-state index is -0.501. The van der Waals surface area contributed by atoms with Gasteiger partial charge in [-0.1, -0.05) is 0 Å². The van der Waals surface area contributed by atoms with Crippen molar-refractivity contribution in [3.05, 3.63) is 53.1 Å². The molecule has 3 aromatic rings. The Morgan fingerprint density at radius 2 is 2.16 bits per heavy atom. The van der Waals surface area contributed by atoms with E-state index in [2.05, 4.69) is 25.3 Å². The summed E-state index contributed by atoms with van der Waals surface area (Å²) >= 11 is 0. The molecule has 0 unspecified atom stereocenters. The fourth-order valence-electron chi connectivity index (χ4n) is 2.64. The maximum atomic E-state index is 14.0. The molecule has 4 rings (SSSR count). The third-order valence-corrected chi connectivity index (χ3v) is 4.16. The molecule has 0 atom stereocenters. The van der Waals surface area contributed by atoms with Crippen molar-refractivity contribution >= 4 is 17.4 Å². The van der Waals surface area contributed by atoms with Gasteiger partial charge in [0, 0.05) is 18.0 Å². The monoisotopic (exact) mass is 341 g/mol. The van der Waals surface area contributed by atoms with Crippen LogP contribution in [-0.4, -0.2) is 32.9 Å². The molecule has 1 aliphatic carbocycles. The van der Waals surface area contributed by atoms with Crippen LogP contribution < -0.4 is 5.32 Å². The number of carbonyl (C=O) groups is 1. The zero-order valence-corrected chi connectivity index (χ0v) is 13.6. The molecule has 0 aliphatic heterocycles. The zero-order valence-electron chi connectivity index (χ0n) is 13.6. The number of esters is 1. The van der Waals surface area contributed by atoms with Crippen LogP contribution in [0.1, 0.15) is 40.5 Å². The lowest BCUT2D eigenvalue weighted by Gasteiger charge is -2.09. The summed E-state index contributed by atoms with van der Waals surface area (Å²) in [5.41, 5.74) is 1.35. The fraction of sp³-hybridized carbons (Fsp3) is 0.294. The number of methoxy groups -OCH3 is 1. The number of fused-ring (bicyclic) bond motifs is 1. The summed E-state index contributed by atoms with van der Waals surface area (Å²) in [5, 5.41) is 15.8. The predicted octanol–water partition coefficient (Wildman–Crippen LogP) is 2.54. The Labute approximate surface area is 142 Å². The van der Waals surface area contributed by atoms with Gasteiger partial charge >= 0.3 is 5.97 Å². The summed E-state index contributed by atoms with van der Waals surface area (Å²) in [5.74, 6) is 0.963. The molecule has 2 heterocycles. The van der Waals surface area contributed by atoms with E-state index < -0.39 is 11.8 Å². The summed E-state index contributed by atoms with van der Waals surface area (Å²) < 4.78 is 20.4. The molecule has 1 N–H and O–H groups in total. The second-order valence-electron chi connectivity index (χ2n) is 5.97. The van der Waals surface area contributed by atoms with Crippen molar-refractivity contribution in [2.45, 2.75) is 25.3 Å². The minimum Gasteiger partial charge on any atom is -0.465 e. The molecule has 0 amide bonds. The summed E-state index contributed by atoms with van der Waals surface area (Å²) in [6.07, 6.45) is 2.21. The van der Waals surface area contributed by atoms with Crippen LogP contribution in [-0.2, 0) is 11.3 Å². The number of rotatable bonds is 5. The van der Waals surface area contributed by atoms with Gasteiger partial charge in [-0.25, -0.2) is 9.18 Å². The summed E-state index contributed by atoms with van der Waals surface area (Å²) in [6, 6.07) is 7.71. The standard InChI is InChI=1S/C17H16FN5O2/c1-25-17(24)11-4-5-13(18)12(8-11)9-19-14-6-7-15-20-21-16(10-2-3-10)23(15)22-14/h4-8,10H,2-3,9H2,1H3,(H,19,22). The topological polar surface area (TPSA) is 81.4 Å². The van der Waals surface area contributed by atoms with Crippen molar-refractivity contribution in [3.8, 4) is 0 Å². The first-order chi connectivity index (χ1) is 12.2. The second-order valence-corrected chi connectivity index (χ2v) is 5.97. The van der Waals surface area contributed by atoms with E-state index in [-0.39, 0.29) is 6.54 Å². The van der Waals surface area contributed by atoms with Crippen LogP contribution in [0.3, 0.4) is 0 Å². The molecule has 0 radical (unpaired) electrons. The van der Waals surface area contributed by atoms with E-state index in [1.807, 2.05) is 6.07 Å². The molecule has 7 nitrogen and oxygen atoms in total. The van der Waals surface area contributed by atoms with Crippen LogP contribution >= 0.6 is 0 Å². The van der Waals surface area contributed by atoms with Crippen molar-refractivity contribution in [2.75, 3.05) is 12.4 Å². The third-order valence-electron chi connectivity index (χ3n) is 4.16. The molecule has 1 aliphatic rings. The Bertz CT molecular complexity index is 951. The van der Waals surface area contributed by atoms with Gasteiger partial charge in [0.2, 0.25) is 0 Å². The normalized spacial score (nSPS) is 13.8. The van der Waals surface area contributed by atoms with E-state index in [0.717, 1.165) is 18.7 Å². The van der Waals surface area contributed by atoms with Gasteiger partial charge in [-0.15, -0.1) is 15.3 Å². The van der Waals surface area contributed by atoms with E-state index >= 15 is 0 Å². The van der Waals surface area contributed by atoms with Crippen LogP contribution in [0.25, 0.3) is 5.65 Å². The fourth-order valence-corrected chi connectivity index (χ4v) is 2.64. The van der Waals surface area contributed by atoms with Crippen LogP contribution in [0.2, 0.25) is 0 Å². The lowest BCUT2D eigenvalue weighted by molar-refractivity contribution is 0.0600. The summed E-state index contributed by atoms with van der Waals surface area (Å²) in [4.78, 5) is 11.6. The number of ether oxygens (including phenoxy) is 1. The van der Waals surface area contributed by atoms with Crippen LogP contribution in [0.4, 0.5) is 10.2 Å². The van der Waals surface area contributed by atoms with Crippen molar-refractivity contribution < 1.29 is 13.9 Å². The molecule has 0 saturated heterocycles. The van der Waals surface area contributed by atoms with Crippen LogP contribution in [0.5, 0.6) is 0 Å². The van der Waals surface area contributed by atoms with E-state index in [1.54, 1.807) is 10.6 Å². The molecular formula is C17H16FN5O2. The molecule has 2 aromatic heterocycles. The first-order valence-electron chi connectivity index (χ1n) is 7.98. The average Bonchev–Trinajstić information content (AvgIpc) is 3.39. The Hall–Kier alpha value is -3.03. The molecule has 1 fully saturated rings. The summed E-state index contributed by atoms with van der Waals surface area (Å²) in [6.45, 7) is 0.191. The van der Waals surface area contributed by atoms with Gasteiger partial charge < -0.3 is 10.1 Å². The first kappa shape index (κ1) is 15.5. The third kappa shape index (κ3) is 3.02. The van der Waals surface area contributed by atoms with Gasteiger partial charge in [0.15, 0.2) is 11.5 Å². The average molecular weight is 341 g/mol. The number of nitrogens with one attached hydrogen (secondary N) is 1. The molecule has 1 saturated carbocycles. The molecule has 25 heavy (non-hydrogen) atoms. The Kier molecular flexibility index (Phi) is 3.79. The molecule has 0 bridgehead atoms. The number of halogens is 1. The largest absolute Gasteiger partial charge is 0.465 e. The van der Waals surface area contributed by atoms with E-state index in [1.165, 1.54) is 25.3 Å². The Morgan fingerprint density at radius 1 is 1.32 bits per heavy atom. The van der Waals surface area contributed by atoms with E-state index in [9.17, 15) is 9.18 Å². The van der Waals surface area contributed by atoms with Gasteiger partial charge in [-0.3, -0.25) is 0 Å². The maximum absolute atomic E-state index is 14.0. The van der Waals surface area contributed by atoms with Crippen molar-refractivity contribution in [2.24, 2.45) is 0 Å². The SMILES string of the molecule is COC(=O)c1ccc(F)c(CNc2ccc3nnc(C4CC4)n3n2)c1. The number of carbonyl (C=O) groups excluding carboxylic acids is 1. The number of aromatic nitrogens is 4. The highest BCUT2D eigenvalue weighted by Gasteiger charge is 2.29. The Morgan fingerprint density at radius 3 is 2.92 bits per heavy atom. The van der Waals surface area contributed by atoms with Gasteiger partial charge in [-0.2, -0.15) is 4.52 Å². The second kappa shape index (κ2) is 6.12. The van der Waals surface area contributed by atoms with Gasteiger partial charge in [0.05, 0.1) is 12.7 Å². The van der Waals surface area contributed by atoms with Gasteiger partial charge in [-0.05, 0) is 43.2 Å². The van der Waals surface area contributed by atoms with Crippen LogP contribution in [0, 0.1) is 5.82 Å². The highest BCUT2D eigenvalue weighted by atomic mass is 19.1. The quantitative estimate of drug-likeness (QED) is 0.718. The lowest BCUT2D eigenvalue weighted by Crippen LogP contribution is -2.08. The van der Waals surface area contributed by atoms with Crippen molar-refractivity contribution in [3.63, 3.8) is 0 Å².